The highest BCUT2D eigenvalue weighted by molar-refractivity contribution is 6.42. The van der Waals surface area contributed by atoms with Crippen LogP contribution in [0.15, 0.2) is 18.2 Å². The van der Waals surface area contributed by atoms with Gasteiger partial charge in [-0.15, -0.1) is 0 Å². The number of carbonyl (C=O) groups excluding carboxylic acids is 3. The molecule has 1 saturated heterocycles. The van der Waals surface area contributed by atoms with E-state index < -0.39 is 30.5 Å². The molecule has 2 rings (SSSR count). The molecular weight excluding hydrogens is 371 g/mol. The topological polar surface area (TPSA) is 84.9 Å². The average molecular weight is 389 g/mol. The van der Waals surface area contributed by atoms with E-state index in [0.29, 0.717) is 28.8 Å². The third-order valence-corrected chi connectivity index (χ3v) is 4.28. The first kappa shape index (κ1) is 19.5. The molecule has 1 aliphatic heterocycles. The molecule has 7 nitrogen and oxygen atoms in total. The molecule has 1 atom stereocenters. The van der Waals surface area contributed by atoms with Crippen LogP contribution in [0, 0.1) is 0 Å². The molecule has 1 aromatic carbocycles. The molecule has 0 spiro atoms. The Kier molecular flexibility index (Phi) is 7.04. The van der Waals surface area contributed by atoms with Crippen LogP contribution in [-0.2, 0) is 23.9 Å². The number of nitrogens with zero attached hydrogens (tertiary/aromatic N) is 1. The molecule has 0 aromatic heterocycles. The van der Waals surface area contributed by atoms with Crippen LogP contribution in [0.25, 0.3) is 0 Å². The zero-order valence-electron chi connectivity index (χ0n) is 13.6. The smallest absolute Gasteiger partial charge is 0.335 e. The summed E-state index contributed by atoms with van der Waals surface area (Å²) < 4.78 is 10.1. The molecule has 0 unspecified atom stereocenters. The van der Waals surface area contributed by atoms with Gasteiger partial charge in [-0.3, -0.25) is 9.59 Å². The molecule has 1 N–H and O–H groups in total. The van der Waals surface area contributed by atoms with Gasteiger partial charge in [-0.05, 0) is 31.0 Å². The largest absolute Gasteiger partial charge is 0.454 e. The minimum atomic E-state index is -0.601. The number of rotatable bonds is 6. The van der Waals surface area contributed by atoms with Crippen molar-refractivity contribution in [1.29, 1.82) is 0 Å². The Morgan fingerprint density at radius 1 is 1.32 bits per heavy atom. The highest BCUT2D eigenvalue weighted by Gasteiger charge is 2.26. The maximum atomic E-state index is 12.0. The number of hydrogen-bond acceptors (Lipinski definition) is 5. The molecular formula is C16H18Cl2N2O5. The Labute approximate surface area is 155 Å². The lowest BCUT2D eigenvalue weighted by molar-refractivity contribution is -0.159. The minimum Gasteiger partial charge on any atom is -0.454 e. The van der Waals surface area contributed by atoms with Crippen molar-refractivity contribution in [3.63, 3.8) is 0 Å². The molecule has 0 bridgehead atoms. The van der Waals surface area contributed by atoms with Crippen molar-refractivity contribution in [2.75, 3.05) is 32.1 Å². The van der Waals surface area contributed by atoms with Crippen LogP contribution in [0.1, 0.15) is 12.8 Å². The van der Waals surface area contributed by atoms with E-state index in [9.17, 15) is 14.4 Å². The molecule has 9 heteroatoms. The standard InChI is InChI=1S/C16H18Cl2N2O5/c1-20(15(22)9-25-16(23)13-3-2-6-24-13)8-14(21)19-10-4-5-11(17)12(18)7-10/h4-5,7,13H,2-3,6,8-9H2,1H3,(H,19,21)/t13-/m0/s1. The van der Waals surface area contributed by atoms with Gasteiger partial charge in [-0.1, -0.05) is 23.2 Å². The quantitative estimate of drug-likeness (QED) is 0.754. The highest BCUT2D eigenvalue weighted by Crippen LogP contribution is 2.24. The molecule has 2 amide bonds. The van der Waals surface area contributed by atoms with Crippen LogP contribution in [0.5, 0.6) is 0 Å². The fourth-order valence-corrected chi connectivity index (χ4v) is 2.48. The third kappa shape index (κ3) is 5.88. The van der Waals surface area contributed by atoms with Crippen molar-refractivity contribution in [2.45, 2.75) is 18.9 Å². The lowest BCUT2D eigenvalue weighted by Gasteiger charge is -2.17. The van der Waals surface area contributed by atoms with Gasteiger partial charge in [0, 0.05) is 19.3 Å². The summed E-state index contributed by atoms with van der Waals surface area (Å²) in [7, 11) is 1.44. The van der Waals surface area contributed by atoms with Gasteiger partial charge < -0.3 is 19.7 Å². The normalized spacial score (nSPS) is 16.4. The Balaban J connectivity index is 1.76. The molecule has 1 aromatic rings. The summed E-state index contributed by atoms with van der Waals surface area (Å²) in [6.45, 7) is -0.117. The fraction of sp³-hybridized carbons (Fsp3) is 0.438. The summed E-state index contributed by atoms with van der Waals surface area (Å²) in [6.07, 6.45) is 0.785. The van der Waals surface area contributed by atoms with Gasteiger partial charge in [0.05, 0.1) is 16.6 Å². The Bertz CT molecular complexity index is 662. The predicted molar refractivity (Wildman–Crippen MR) is 92.7 cm³/mol. The molecule has 1 aliphatic rings. The van der Waals surface area contributed by atoms with Gasteiger partial charge in [-0.2, -0.15) is 0 Å². The third-order valence-electron chi connectivity index (χ3n) is 3.54. The van der Waals surface area contributed by atoms with Crippen molar-refractivity contribution >= 4 is 46.7 Å². The summed E-state index contributed by atoms with van der Waals surface area (Å²) in [5, 5.41) is 3.29. The molecule has 0 aliphatic carbocycles. The van der Waals surface area contributed by atoms with Gasteiger partial charge in [-0.25, -0.2) is 4.79 Å². The number of likely N-dealkylation sites (N-methyl/N-ethyl adjacent to an activating group) is 1. The number of amides is 2. The monoisotopic (exact) mass is 388 g/mol. The van der Waals surface area contributed by atoms with Gasteiger partial charge in [0.15, 0.2) is 12.7 Å². The first-order valence-corrected chi connectivity index (χ1v) is 8.39. The van der Waals surface area contributed by atoms with Crippen LogP contribution >= 0.6 is 23.2 Å². The first-order valence-electron chi connectivity index (χ1n) is 7.64. The molecule has 0 saturated carbocycles. The van der Waals surface area contributed by atoms with Crippen molar-refractivity contribution in [3.05, 3.63) is 28.2 Å². The Hall–Kier alpha value is -1.83. The second kappa shape index (κ2) is 9.03. The second-order valence-corrected chi connectivity index (χ2v) is 6.35. The lowest BCUT2D eigenvalue weighted by Crippen LogP contribution is -2.38. The SMILES string of the molecule is CN(CC(=O)Nc1ccc(Cl)c(Cl)c1)C(=O)COC(=O)[C@@H]1CCCO1. The highest BCUT2D eigenvalue weighted by atomic mass is 35.5. The van der Waals surface area contributed by atoms with E-state index in [0.717, 1.165) is 11.3 Å². The summed E-state index contributed by atoms with van der Waals surface area (Å²) >= 11 is 11.7. The average Bonchev–Trinajstić information content (AvgIpc) is 3.10. The molecule has 1 heterocycles. The van der Waals surface area contributed by atoms with E-state index in [4.69, 9.17) is 32.7 Å². The van der Waals surface area contributed by atoms with Gasteiger partial charge >= 0.3 is 5.97 Å². The van der Waals surface area contributed by atoms with Crippen molar-refractivity contribution < 1.29 is 23.9 Å². The zero-order chi connectivity index (χ0) is 18.4. The van der Waals surface area contributed by atoms with E-state index in [-0.39, 0.29) is 6.54 Å². The van der Waals surface area contributed by atoms with E-state index >= 15 is 0 Å². The van der Waals surface area contributed by atoms with Crippen molar-refractivity contribution in [2.24, 2.45) is 0 Å². The lowest BCUT2D eigenvalue weighted by atomic mass is 10.2. The number of benzene rings is 1. The van der Waals surface area contributed by atoms with E-state index in [2.05, 4.69) is 5.32 Å². The fourth-order valence-electron chi connectivity index (χ4n) is 2.18. The van der Waals surface area contributed by atoms with Crippen molar-refractivity contribution in [3.8, 4) is 0 Å². The van der Waals surface area contributed by atoms with E-state index in [1.165, 1.54) is 13.1 Å². The minimum absolute atomic E-state index is 0.198. The molecule has 0 radical (unpaired) electrons. The van der Waals surface area contributed by atoms with Crippen LogP contribution in [-0.4, -0.2) is 55.6 Å². The maximum Gasteiger partial charge on any atom is 0.335 e. The number of halogens is 2. The molecule has 1 fully saturated rings. The molecule has 136 valence electrons. The number of hydrogen-bond donors (Lipinski definition) is 1. The Morgan fingerprint density at radius 2 is 2.08 bits per heavy atom. The number of nitrogens with one attached hydrogen (secondary N) is 1. The maximum absolute atomic E-state index is 12.0. The van der Waals surface area contributed by atoms with E-state index in [1.807, 2.05) is 0 Å². The van der Waals surface area contributed by atoms with Gasteiger partial charge in [0.2, 0.25) is 5.91 Å². The van der Waals surface area contributed by atoms with Crippen LogP contribution in [0.2, 0.25) is 10.0 Å². The predicted octanol–water partition coefficient (Wildman–Crippen LogP) is 2.11. The van der Waals surface area contributed by atoms with Crippen LogP contribution in [0.3, 0.4) is 0 Å². The second-order valence-electron chi connectivity index (χ2n) is 5.54. The van der Waals surface area contributed by atoms with E-state index in [1.54, 1.807) is 12.1 Å². The first-order chi connectivity index (χ1) is 11.9. The zero-order valence-corrected chi connectivity index (χ0v) is 15.1. The Morgan fingerprint density at radius 3 is 2.72 bits per heavy atom. The molecule has 25 heavy (non-hydrogen) atoms. The van der Waals surface area contributed by atoms with Gasteiger partial charge in [0.1, 0.15) is 0 Å². The summed E-state index contributed by atoms with van der Waals surface area (Å²) in [5.41, 5.74) is 0.463. The number of anilines is 1. The number of ether oxygens (including phenoxy) is 2. The number of esters is 1. The summed E-state index contributed by atoms with van der Waals surface area (Å²) in [4.78, 5) is 36.7. The number of carbonyl (C=O) groups is 3. The van der Waals surface area contributed by atoms with Crippen molar-refractivity contribution in [1.82, 2.24) is 4.90 Å². The summed E-state index contributed by atoms with van der Waals surface area (Å²) in [5.74, 6) is -1.46. The van der Waals surface area contributed by atoms with Crippen LogP contribution < -0.4 is 5.32 Å². The van der Waals surface area contributed by atoms with Gasteiger partial charge in [0.25, 0.3) is 5.91 Å². The van der Waals surface area contributed by atoms with Crippen LogP contribution in [0.4, 0.5) is 5.69 Å². The summed E-state index contributed by atoms with van der Waals surface area (Å²) in [6, 6.07) is 4.66.